The van der Waals surface area contributed by atoms with E-state index in [1.807, 2.05) is 17.0 Å². The number of carbonyl (C=O) groups is 1. The molecule has 110 valence electrons. The maximum atomic E-state index is 11.8. The highest BCUT2D eigenvalue weighted by Gasteiger charge is 2.25. The number of nitrogens with one attached hydrogen (secondary N) is 1. The Morgan fingerprint density at radius 1 is 1.45 bits per heavy atom. The monoisotopic (exact) mass is 276 g/mol. The molecule has 1 amide bonds. The van der Waals surface area contributed by atoms with E-state index >= 15 is 0 Å². The van der Waals surface area contributed by atoms with E-state index in [9.17, 15) is 4.79 Å². The number of benzene rings is 1. The molecule has 1 unspecified atom stereocenters. The Morgan fingerprint density at radius 3 is 2.85 bits per heavy atom. The Balaban J connectivity index is 2.23. The SMILES string of the molecule is CCNC(CN1CCCC1=O)c1cc(C)ccc1OC. The molecule has 4 nitrogen and oxygen atoms in total. The Labute approximate surface area is 121 Å². The van der Waals surface area contributed by atoms with E-state index < -0.39 is 0 Å². The summed E-state index contributed by atoms with van der Waals surface area (Å²) in [6.45, 7) is 6.61. The fraction of sp³-hybridized carbons (Fsp3) is 0.562. The highest BCUT2D eigenvalue weighted by molar-refractivity contribution is 5.78. The number of likely N-dealkylation sites (tertiary alicyclic amines) is 1. The molecule has 20 heavy (non-hydrogen) atoms. The fourth-order valence-corrected chi connectivity index (χ4v) is 2.76. The molecule has 1 aromatic rings. The molecule has 0 aliphatic carbocycles. The van der Waals surface area contributed by atoms with Gasteiger partial charge in [-0.15, -0.1) is 0 Å². The van der Waals surface area contributed by atoms with Crippen molar-refractivity contribution < 1.29 is 9.53 Å². The number of ether oxygens (including phenoxy) is 1. The second-order valence-electron chi connectivity index (χ2n) is 5.30. The number of nitrogens with zero attached hydrogens (tertiary/aromatic N) is 1. The third-order valence-corrected chi connectivity index (χ3v) is 3.79. The van der Waals surface area contributed by atoms with Gasteiger partial charge in [0.25, 0.3) is 0 Å². The topological polar surface area (TPSA) is 41.6 Å². The molecule has 0 bridgehead atoms. The number of carbonyl (C=O) groups excluding carboxylic acids is 1. The van der Waals surface area contributed by atoms with Gasteiger partial charge in [0, 0.05) is 25.1 Å². The Hall–Kier alpha value is -1.55. The van der Waals surface area contributed by atoms with Crippen LogP contribution in [0.3, 0.4) is 0 Å². The number of amides is 1. The van der Waals surface area contributed by atoms with Crippen LogP contribution in [0.5, 0.6) is 5.75 Å². The molecule has 1 atom stereocenters. The van der Waals surface area contributed by atoms with E-state index in [-0.39, 0.29) is 11.9 Å². The average Bonchev–Trinajstić information content (AvgIpc) is 2.84. The summed E-state index contributed by atoms with van der Waals surface area (Å²) in [7, 11) is 1.69. The van der Waals surface area contributed by atoms with Crippen molar-refractivity contribution in [1.82, 2.24) is 10.2 Å². The van der Waals surface area contributed by atoms with Gasteiger partial charge in [-0.05, 0) is 26.0 Å². The van der Waals surface area contributed by atoms with E-state index in [0.717, 1.165) is 30.8 Å². The lowest BCUT2D eigenvalue weighted by Crippen LogP contribution is -2.36. The number of hydrogen-bond acceptors (Lipinski definition) is 3. The molecule has 1 fully saturated rings. The summed E-state index contributed by atoms with van der Waals surface area (Å²) in [5.74, 6) is 1.15. The lowest BCUT2D eigenvalue weighted by molar-refractivity contribution is -0.128. The molecule has 1 aliphatic heterocycles. The van der Waals surface area contributed by atoms with Crippen molar-refractivity contribution in [3.05, 3.63) is 29.3 Å². The smallest absolute Gasteiger partial charge is 0.222 e. The molecular formula is C16H24N2O2. The van der Waals surface area contributed by atoms with E-state index in [4.69, 9.17) is 4.74 Å². The molecule has 0 spiro atoms. The van der Waals surface area contributed by atoms with Crippen LogP contribution in [-0.4, -0.2) is 37.6 Å². The molecule has 0 saturated carbocycles. The third kappa shape index (κ3) is 3.31. The largest absolute Gasteiger partial charge is 0.496 e. The van der Waals surface area contributed by atoms with E-state index in [1.165, 1.54) is 5.56 Å². The highest BCUT2D eigenvalue weighted by Crippen LogP contribution is 2.28. The predicted molar refractivity (Wildman–Crippen MR) is 80.0 cm³/mol. The number of likely N-dealkylation sites (N-methyl/N-ethyl adjacent to an activating group) is 1. The summed E-state index contributed by atoms with van der Waals surface area (Å²) < 4.78 is 5.48. The molecule has 2 rings (SSSR count). The predicted octanol–water partition coefficient (Wildman–Crippen LogP) is 2.28. The van der Waals surface area contributed by atoms with E-state index in [0.29, 0.717) is 13.0 Å². The van der Waals surface area contributed by atoms with Gasteiger partial charge in [-0.3, -0.25) is 4.79 Å². The normalized spacial score (nSPS) is 16.6. The van der Waals surface area contributed by atoms with E-state index in [2.05, 4.69) is 25.2 Å². The molecule has 1 aromatic carbocycles. The standard InChI is InChI=1S/C16H24N2O2/c1-4-17-14(11-18-9-5-6-16(18)19)13-10-12(2)7-8-15(13)20-3/h7-8,10,14,17H,4-6,9,11H2,1-3H3. The van der Waals surface area contributed by atoms with Crippen LogP contribution in [0.2, 0.25) is 0 Å². The minimum Gasteiger partial charge on any atom is -0.496 e. The zero-order valence-electron chi connectivity index (χ0n) is 12.6. The quantitative estimate of drug-likeness (QED) is 0.866. The molecule has 1 saturated heterocycles. The van der Waals surface area contributed by atoms with Crippen molar-refractivity contribution in [1.29, 1.82) is 0 Å². The summed E-state index contributed by atoms with van der Waals surface area (Å²) in [5.41, 5.74) is 2.34. The molecule has 0 aromatic heterocycles. The summed E-state index contributed by atoms with van der Waals surface area (Å²) in [5, 5.41) is 3.47. The Bertz CT molecular complexity index is 474. The van der Waals surface area contributed by atoms with Crippen LogP contribution in [0.25, 0.3) is 0 Å². The first-order chi connectivity index (χ1) is 9.65. The second kappa shape index (κ2) is 6.75. The first-order valence-corrected chi connectivity index (χ1v) is 7.31. The lowest BCUT2D eigenvalue weighted by Gasteiger charge is -2.26. The summed E-state index contributed by atoms with van der Waals surface area (Å²) >= 11 is 0. The minimum absolute atomic E-state index is 0.122. The number of rotatable bonds is 6. The van der Waals surface area contributed by atoms with Crippen molar-refractivity contribution in [2.24, 2.45) is 0 Å². The van der Waals surface area contributed by atoms with Gasteiger partial charge in [0.2, 0.25) is 5.91 Å². The third-order valence-electron chi connectivity index (χ3n) is 3.79. The van der Waals surface area contributed by atoms with Gasteiger partial charge >= 0.3 is 0 Å². The Kier molecular flexibility index (Phi) is 5.01. The number of methoxy groups -OCH3 is 1. The average molecular weight is 276 g/mol. The van der Waals surface area contributed by atoms with Gasteiger partial charge in [0.05, 0.1) is 13.2 Å². The first kappa shape index (κ1) is 14.9. The van der Waals surface area contributed by atoms with Crippen LogP contribution in [0.1, 0.15) is 36.9 Å². The summed E-state index contributed by atoms with van der Waals surface area (Å²) in [6.07, 6.45) is 1.66. The molecule has 0 radical (unpaired) electrons. The first-order valence-electron chi connectivity index (χ1n) is 7.31. The van der Waals surface area contributed by atoms with Gasteiger partial charge in [-0.1, -0.05) is 24.6 Å². The summed E-state index contributed by atoms with van der Waals surface area (Å²) in [6, 6.07) is 6.32. The van der Waals surface area contributed by atoms with Crippen LogP contribution in [0.15, 0.2) is 18.2 Å². The van der Waals surface area contributed by atoms with Crippen molar-refractivity contribution >= 4 is 5.91 Å². The molecular weight excluding hydrogens is 252 g/mol. The van der Waals surface area contributed by atoms with Crippen molar-refractivity contribution in [2.45, 2.75) is 32.7 Å². The van der Waals surface area contributed by atoms with Gasteiger partial charge in [0.1, 0.15) is 5.75 Å². The molecule has 4 heteroatoms. The molecule has 1 N–H and O–H groups in total. The fourth-order valence-electron chi connectivity index (χ4n) is 2.76. The zero-order chi connectivity index (χ0) is 14.5. The lowest BCUT2D eigenvalue weighted by atomic mass is 10.0. The van der Waals surface area contributed by atoms with Crippen LogP contribution in [-0.2, 0) is 4.79 Å². The van der Waals surface area contributed by atoms with Gasteiger partial charge in [0.15, 0.2) is 0 Å². The maximum absolute atomic E-state index is 11.8. The highest BCUT2D eigenvalue weighted by atomic mass is 16.5. The van der Waals surface area contributed by atoms with Crippen LogP contribution in [0.4, 0.5) is 0 Å². The van der Waals surface area contributed by atoms with Crippen LogP contribution >= 0.6 is 0 Å². The number of hydrogen-bond donors (Lipinski definition) is 1. The second-order valence-corrected chi connectivity index (χ2v) is 5.30. The number of aryl methyl sites for hydroxylation is 1. The Morgan fingerprint density at radius 2 is 2.25 bits per heavy atom. The molecule has 1 aliphatic rings. The van der Waals surface area contributed by atoms with Crippen LogP contribution in [0, 0.1) is 6.92 Å². The zero-order valence-corrected chi connectivity index (χ0v) is 12.6. The van der Waals surface area contributed by atoms with Gasteiger partial charge < -0.3 is 15.0 Å². The van der Waals surface area contributed by atoms with Crippen molar-refractivity contribution in [3.63, 3.8) is 0 Å². The van der Waals surface area contributed by atoms with Gasteiger partial charge in [-0.25, -0.2) is 0 Å². The van der Waals surface area contributed by atoms with Gasteiger partial charge in [-0.2, -0.15) is 0 Å². The maximum Gasteiger partial charge on any atom is 0.222 e. The van der Waals surface area contributed by atoms with Crippen molar-refractivity contribution in [2.75, 3.05) is 26.7 Å². The van der Waals surface area contributed by atoms with E-state index in [1.54, 1.807) is 7.11 Å². The minimum atomic E-state index is 0.122. The van der Waals surface area contributed by atoms with Crippen molar-refractivity contribution in [3.8, 4) is 5.75 Å². The van der Waals surface area contributed by atoms with Crippen LogP contribution < -0.4 is 10.1 Å². The summed E-state index contributed by atoms with van der Waals surface area (Å²) in [4.78, 5) is 13.8. The molecule has 1 heterocycles.